The van der Waals surface area contributed by atoms with Gasteiger partial charge >= 0.3 is 5.97 Å². The van der Waals surface area contributed by atoms with Crippen LogP contribution >= 0.6 is 0 Å². The number of carbonyl (C=O) groups is 1. The first-order valence-electron chi connectivity index (χ1n) is 9.78. The first-order valence-corrected chi connectivity index (χ1v) is 11.2. The Bertz CT molecular complexity index is 1320. The van der Waals surface area contributed by atoms with Gasteiger partial charge in [-0.15, -0.1) is 0 Å². The Morgan fingerprint density at radius 3 is 2.28 bits per heavy atom. The molecule has 32 heavy (non-hydrogen) atoms. The van der Waals surface area contributed by atoms with Gasteiger partial charge in [-0.3, -0.25) is 4.31 Å². The van der Waals surface area contributed by atoms with Crippen LogP contribution in [0.5, 0.6) is 0 Å². The summed E-state index contributed by atoms with van der Waals surface area (Å²) in [6.45, 7) is -0.155. The van der Waals surface area contributed by atoms with E-state index in [-0.39, 0.29) is 17.1 Å². The summed E-state index contributed by atoms with van der Waals surface area (Å²) in [7, 11) is -2.55. The van der Waals surface area contributed by atoms with Crippen molar-refractivity contribution in [1.29, 1.82) is 0 Å². The molecular weight excluding hydrogens is 428 g/mol. The lowest BCUT2D eigenvalue weighted by Gasteiger charge is -2.20. The Balaban J connectivity index is 1.53. The number of sulfonamides is 1. The maximum atomic E-state index is 13.2. The normalized spacial score (nSPS) is 11.2. The molecule has 162 valence electrons. The Kier molecular flexibility index (Phi) is 6.04. The van der Waals surface area contributed by atoms with Gasteiger partial charge in [0.2, 0.25) is 0 Å². The molecule has 1 aromatic heterocycles. The van der Waals surface area contributed by atoms with Crippen molar-refractivity contribution in [3.8, 4) is 11.3 Å². The highest BCUT2D eigenvalue weighted by atomic mass is 32.2. The smallest absolute Gasteiger partial charge is 0.339 e. The Hall–Kier alpha value is -3.91. The summed E-state index contributed by atoms with van der Waals surface area (Å²) in [4.78, 5) is 12.6. The van der Waals surface area contributed by atoms with Gasteiger partial charge in [0.15, 0.2) is 5.76 Å². The van der Waals surface area contributed by atoms with E-state index < -0.39 is 16.0 Å². The number of hydrogen-bond acceptors (Lipinski definition) is 6. The molecule has 4 aromatic rings. The third-order valence-corrected chi connectivity index (χ3v) is 6.68. The molecule has 7 nitrogen and oxygen atoms in total. The minimum atomic E-state index is -3.98. The zero-order valence-corrected chi connectivity index (χ0v) is 18.0. The van der Waals surface area contributed by atoms with Crippen molar-refractivity contribution < 1.29 is 22.5 Å². The average Bonchev–Trinajstić information content (AvgIpc) is 3.32. The van der Waals surface area contributed by atoms with Crippen LogP contribution in [0.4, 0.5) is 5.69 Å². The molecule has 0 fully saturated rings. The molecule has 0 saturated carbocycles. The third-order valence-electron chi connectivity index (χ3n) is 4.83. The second-order valence-electron chi connectivity index (χ2n) is 6.93. The summed E-state index contributed by atoms with van der Waals surface area (Å²) >= 11 is 0. The standard InChI is InChI=1S/C24H20N2O5S/c1-26(20-12-6-3-7-13-20)32(28,29)23-15-9-8-14-21(23)24(27)30-17-19-16-22(31-25-19)18-10-4-2-5-11-18/h2-16H,17H2,1H3. The van der Waals surface area contributed by atoms with Crippen LogP contribution in [-0.4, -0.2) is 26.6 Å². The molecular formula is C24H20N2O5S. The van der Waals surface area contributed by atoms with Crippen molar-refractivity contribution in [1.82, 2.24) is 5.16 Å². The van der Waals surface area contributed by atoms with Gasteiger partial charge in [0.05, 0.1) is 11.3 Å². The number of rotatable bonds is 7. The van der Waals surface area contributed by atoms with Crippen LogP contribution in [0.1, 0.15) is 16.1 Å². The molecule has 1 heterocycles. The molecule has 4 rings (SSSR count). The Morgan fingerprint density at radius 1 is 0.938 bits per heavy atom. The summed E-state index contributed by atoms with van der Waals surface area (Å²) in [5.41, 5.74) is 1.69. The Morgan fingerprint density at radius 2 is 1.56 bits per heavy atom. The van der Waals surface area contributed by atoms with Crippen molar-refractivity contribution in [2.24, 2.45) is 0 Å². The number of aromatic nitrogens is 1. The third kappa shape index (κ3) is 4.40. The molecule has 3 aromatic carbocycles. The molecule has 0 aliphatic heterocycles. The molecule has 0 spiro atoms. The number of benzene rings is 3. The van der Waals surface area contributed by atoms with Crippen molar-refractivity contribution in [3.63, 3.8) is 0 Å². The van der Waals surface area contributed by atoms with Crippen molar-refractivity contribution in [3.05, 3.63) is 102 Å². The predicted molar refractivity (Wildman–Crippen MR) is 120 cm³/mol. The van der Waals surface area contributed by atoms with Gasteiger partial charge < -0.3 is 9.26 Å². The topological polar surface area (TPSA) is 89.7 Å². The quantitative estimate of drug-likeness (QED) is 0.386. The zero-order valence-electron chi connectivity index (χ0n) is 17.2. The first kappa shape index (κ1) is 21.3. The van der Waals surface area contributed by atoms with Crippen LogP contribution in [0.25, 0.3) is 11.3 Å². The number of anilines is 1. The van der Waals surface area contributed by atoms with Crippen LogP contribution in [0.15, 0.2) is 100 Å². The van der Waals surface area contributed by atoms with Crippen molar-refractivity contribution in [2.45, 2.75) is 11.5 Å². The summed E-state index contributed by atoms with van der Waals surface area (Å²) in [5, 5.41) is 3.92. The fraction of sp³-hybridized carbons (Fsp3) is 0.0833. The summed E-state index contributed by atoms with van der Waals surface area (Å²) < 4.78 is 38.1. The highest BCUT2D eigenvalue weighted by Gasteiger charge is 2.27. The Labute approximate surface area is 185 Å². The predicted octanol–water partition coefficient (Wildman–Crippen LogP) is 4.52. The van der Waals surface area contributed by atoms with Crippen LogP contribution in [-0.2, 0) is 21.4 Å². The fourth-order valence-corrected chi connectivity index (χ4v) is 4.49. The summed E-state index contributed by atoms with van der Waals surface area (Å²) in [6, 6.07) is 25.6. The van der Waals surface area contributed by atoms with Gasteiger partial charge in [-0.25, -0.2) is 13.2 Å². The van der Waals surface area contributed by atoms with E-state index in [0.717, 1.165) is 9.87 Å². The van der Waals surface area contributed by atoms with E-state index >= 15 is 0 Å². The first-order chi connectivity index (χ1) is 15.5. The lowest BCUT2D eigenvalue weighted by atomic mass is 10.2. The van der Waals surface area contributed by atoms with Gasteiger partial charge in [-0.05, 0) is 24.3 Å². The molecule has 8 heteroatoms. The number of para-hydroxylation sites is 1. The number of carbonyl (C=O) groups excluding carboxylic acids is 1. The lowest BCUT2D eigenvalue weighted by Crippen LogP contribution is -2.28. The molecule has 0 N–H and O–H groups in total. The summed E-state index contributed by atoms with van der Waals surface area (Å²) in [6.07, 6.45) is 0. The van der Waals surface area contributed by atoms with E-state index in [9.17, 15) is 13.2 Å². The average molecular weight is 449 g/mol. The maximum Gasteiger partial charge on any atom is 0.339 e. The van der Waals surface area contributed by atoms with Gasteiger partial charge in [0.25, 0.3) is 10.0 Å². The second kappa shape index (κ2) is 9.07. The number of ether oxygens (including phenoxy) is 1. The highest BCUT2D eigenvalue weighted by Crippen LogP contribution is 2.25. The minimum Gasteiger partial charge on any atom is -0.455 e. The molecule has 0 saturated heterocycles. The highest BCUT2D eigenvalue weighted by molar-refractivity contribution is 7.92. The van der Waals surface area contributed by atoms with E-state index in [4.69, 9.17) is 9.26 Å². The van der Waals surface area contributed by atoms with Gasteiger partial charge in [0.1, 0.15) is 17.2 Å². The van der Waals surface area contributed by atoms with Crippen molar-refractivity contribution in [2.75, 3.05) is 11.4 Å². The van der Waals surface area contributed by atoms with Crippen LogP contribution < -0.4 is 4.31 Å². The molecule has 0 amide bonds. The minimum absolute atomic E-state index is 0.0536. The van der Waals surface area contributed by atoms with Gasteiger partial charge in [-0.2, -0.15) is 0 Å². The molecule has 0 radical (unpaired) electrons. The van der Waals surface area contributed by atoms with E-state index in [1.807, 2.05) is 30.3 Å². The SMILES string of the molecule is CN(c1ccccc1)S(=O)(=O)c1ccccc1C(=O)OCc1cc(-c2ccccc2)on1. The summed E-state index contributed by atoms with van der Waals surface area (Å²) in [5.74, 6) is -0.223. The van der Waals surface area contributed by atoms with Gasteiger partial charge in [0, 0.05) is 18.7 Å². The lowest BCUT2D eigenvalue weighted by molar-refractivity contribution is 0.0459. The number of esters is 1. The zero-order chi connectivity index (χ0) is 22.6. The molecule has 0 atom stereocenters. The fourth-order valence-electron chi connectivity index (χ4n) is 3.12. The van der Waals surface area contributed by atoms with Crippen molar-refractivity contribution >= 4 is 21.7 Å². The molecule has 0 bridgehead atoms. The van der Waals surface area contributed by atoms with E-state index in [1.165, 1.54) is 19.2 Å². The monoisotopic (exact) mass is 448 g/mol. The number of hydrogen-bond donors (Lipinski definition) is 0. The molecule has 0 aliphatic rings. The number of nitrogens with zero attached hydrogens (tertiary/aromatic N) is 2. The van der Waals surface area contributed by atoms with E-state index in [0.29, 0.717) is 17.1 Å². The van der Waals surface area contributed by atoms with E-state index in [2.05, 4.69) is 5.16 Å². The van der Waals surface area contributed by atoms with Crippen LogP contribution in [0.2, 0.25) is 0 Å². The molecule has 0 unspecified atom stereocenters. The van der Waals surface area contributed by atoms with E-state index in [1.54, 1.807) is 48.5 Å². The van der Waals surface area contributed by atoms with Crippen LogP contribution in [0.3, 0.4) is 0 Å². The van der Waals surface area contributed by atoms with Gasteiger partial charge in [-0.1, -0.05) is 65.8 Å². The molecule has 0 aliphatic carbocycles. The maximum absolute atomic E-state index is 13.2. The largest absolute Gasteiger partial charge is 0.455 e. The second-order valence-corrected chi connectivity index (χ2v) is 8.87. The van der Waals surface area contributed by atoms with Crippen LogP contribution in [0, 0.1) is 0 Å².